The molecule has 2 rings (SSSR count). The second-order valence-electron chi connectivity index (χ2n) is 4.11. The molecule has 0 aliphatic carbocycles. The minimum absolute atomic E-state index is 0.248. The molecule has 6 heteroatoms. The Hall–Kier alpha value is -1.30. The Morgan fingerprint density at radius 3 is 2.89 bits per heavy atom. The summed E-state index contributed by atoms with van der Waals surface area (Å²) in [6, 6.07) is 6.62. The van der Waals surface area contributed by atoms with Crippen LogP contribution in [0.25, 0.3) is 0 Å². The number of halogens is 1. The number of nitrogens with zero attached hydrogens (tertiary/aromatic N) is 1. The number of benzene rings is 1. The summed E-state index contributed by atoms with van der Waals surface area (Å²) in [7, 11) is 0. The molecule has 1 aliphatic heterocycles. The number of β-amino-alcohol motifs (C(OH)–C–C–N with tert-alkyl or cyclic N) is 1. The van der Waals surface area contributed by atoms with E-state index < -0.39 is 6.10 Å². The number of carbonyl (C=O) groups excluding carboxylic acids is 1. The van der Waals surface area contributed by atoms with Crippen LogP contribution in [0.1, 0.15) is 0 Å². The summed E-state index contributed by atoms with van der Waals surface area (Å²) in [6.07, 6.45) is -0.636. The average Bonchev–Trinajstić information content (AvgIpc) is 2.57. The van der Waals surface area contributed by atoms with E-state index in [2.05, 4.69) is 5.32 Å². The van der Waals surface area contributed by atoms with Crippen molar-refractivity contribution >= 4 is 23.3 Å². The third kappa shape index (κ3) is 3.60. The number of urea groups is 1. The van der Waals surface area contributed by atoms with E-state index in [1.165, 1.54) is 4.90 Å². The van der Waals surface area contributed by atoms with Gasteiger partial charge in [-0.2, -0.15) is 0 Å². The van der Waals surface area contributed by atoms with Crippen molar-refractivity contribution < 1.29 is 14.6 Å². The van der Waals surface area contributed by atoms with Gasteiger partial charge < -0.3 is 20.1 Å². The van der Waals surface area contributed by atoms with Crippen molar-refractivity contribution in [1.82, 2.24) is 4.90 Å². The lowest BCUT2D eigenvalue weighted by Gasteiger charge is -2.21. The van der Waals surface area contributed by atoms with Crippen LogP contribution >= 0.6 is 11.6 Å². The Bertz CT molecular complexity index is 410. The third-order valence-corrected chi connectivity index (χ3v) is 2.88. The molecule has 0 radical (unpaired) electrons. The zero-order chi connectivity index (χ0) is 13.0. The number of rotatable bonds is 1. The summed E-state index contributed by atoms with van der Waals surface area (Å²) in [4.78, 5) is 13.5. The Morgan fingerprint density at radius 1 is 1.44 bits per heavy atom. The molecule has 0 aromatic heterocycles. The molecule has 1 atom stereocenters. The van der Waals surface area contributed by atoms with Gasteiger partial charge >= 0.3 is 6.03 Å². The molecule has 0 spiro atoms. The molecule has 0 unspecified atom stereocenters. The fourth-order valence-electron chi connectivity index (χ4n) is 1.71. The zero-order valence-electron chi connectivity index (χ0n) is 9.80. The monoisotopic (exact) mass is 270 g/mol. The number of ether oxygens (including phenoxy) is 1. The molecule has 1 aromatic carbocycles. The second-order valence-corrected chi connectivity index (χ2v) is 4.55. The maximum absolute atomic E-state index is 12.0. The number of amides is 2. The smallest absolute Gasteiger partial charge is 0.322 e. The van der Waals surface area contributed by atoms with Gasteiger partial charge in [0.25, 0.3) is 0 Å². The molecule has 1 aliphatic rings. The van der Waals surface area contributed by atoms with Crippen LogP contribution in [-0.2, 0) is 4.74 Å². The molecule has 18 heavy (non-hydrogen) atoms. The van der Waals surface area contributed by atoms with E-state index in [0.29, 0.717) is 23.9 Å². The van der Waals surface area contributed by atoms with E-state index >= 15 is 0 Å². The van der Waals surface area contributed by atoms with E-state index in [-0.39, 0.29) is 19.2 Å². The van der Waals surface area contributed by atoms with Crippen molar-refractivity contribution in [1.29, 1.82) is 0 Å². The first-order valence-corrected chi connectivity index (χ1v) is 6.10. The van der Waals surface area contributed by atoms with Crippen LogP contribution in [0.2, 0.25) is 5.02 Å². The summed E-state index contributed by atoms with van der Waals surface area (Å²) in [5, 5.41) is 12.9. The fraction of sp³-hybridized carbons (Fsp3) is 0.417. The lowest BCUT2D eigenvalue weighted by Crippen LogP contribution is -2.40. The number of carbonyl (C=O) groups is 1. The molecule has 2 amide bonds. The summed E-state index contributed by atoms with van der Waals surface area (Å²) in [5.41, 5.74) is 0.670. The van der Waals surface area contributed by atoms with E-state index in [0.717, 1.165) is 0 Å². The van der Waals surface area contributed by atoms with Crippen LogP contribution in [0.15, 0.2) is 24.3 Å². The van der Waals surface area contributed by atoms with Gasteiger partial charge in [-0.15, -0.1) is 0 Å². The maximum Gasteiger partial charge on any atom is 0.322 e. The van der Waals surface area contributed by atoms with Crippen molar-refractivity contribution in [3.8, 4) is 0 Å². The molecule has 1 saturated heterocycles. The van der Waals surface area contributed by atoms with Gasteiger partial charge in [-0.05, 0) is 24.3 Å². The number of nitrogens with one attached hydrogen (secondary N) is 1. The highest BCUT2D eigenvalue weighted by molar-refractivity contribution is 6.30. The highest BCUT2D eigenvalue weighted by Crippen LogP contribution is 2.14. The van der Waals surface area contributed by atoms with Gasteiger partial charge in [-0.1, -0.05) is 11.6 Å². The summed E-state index contributed by atoms with van der Waals surface area (Å²) >= 11 is 5.76. The van der Waals surface area contributed by atoms with E-state index in [9.17, 15) is 9.90 Å². The molecular weight excluding hydrogens is 256 g/mol. The van der Waals surface area contributed by atoms with Crippen LogP contribution in [0.4, 0.5) is 10.5 Å². The lowest BCUT2D eigenvalue weighted by atomic mass is 10.3. The van der Waals surface area contributed by atoms with Crippen molar-refractivity contribution in [3.63, 3.8) is 0 Å². The Kier molecular flexibility index (Phi) is 4.41. The van der Waals surface area contributed by atoms with Gasteiger partial charge in [0, 0.05) is 17.3 Å². The van der Waals surface area contributed by atoms with E-state index in [4.69, 9.17) is 16.3 Å². The summed E-state index contributed by atoms with van der Waals surface area (Å²) < 4.78 is 5.16. The third-order valence-electron chi connectivity index (χ3n) is 2.63. The molecular formula is C12H15ClN2O3. The Morgan fingerprint density at radius 2 is 2.17 bits per heavy atom. The van der Waals surface area contributed by atoms with Crippen LogP contribution in [0, 0.1) is 0 Å². The predicted octanol–water partition coefficient (Wildman–Crippen LogP) is 1.56. The highest BCUT2D eigenvalue weighted by Gasteiger charge is 2.20. The van der Waals surface area contributed by atoms with Crippen molar-refractivity contribution in [2.45, 2.75) is 6.10 Å². The number of hydrogen-bond acceptors (Lipinski definition) is 3. The van der Waals surface area contributed by atoms with Gasteiger partial charge in [0.15, 0.2) is 0 Å². The first-order chi connectivity index (χ1) is 8.65. The number of hydrogen-bond donors (Lipinski definition) is 2. The molecule has 1 fully saturated rings. The lowest BCUT2D eigenvalue weighted by molar-refractivity contribution is 0.0575. The SMILES string of the molecule is O=C(Nc1ccc(Cl)cc1)N1CCOC[C@H](O)C1. The molecule has 0 saturated carbocycles. The van der Waals surface area contributed by atoms with Gasteiger partial charge in [-0.25, -0.2) is 4.79 Å². The van der Waals surface area contributed by atoms with Crippen LogP contribution in [0.3, 0.4) is 0 Å². The number of aliphatic hydroxyl groups excluding tert-OH is 1. The highest BCUT2D eigenvalue weighted by atomic mass is 35.5. The topological polar surface area (TPSA) is 61.8 Å². The quantitative estimate of drug-likeness (QED) is 0.814. The minimum Gasteiger partial charge on any atom is -0.389 e. The zero-order valence-corrected chi connectivity index (χ0v) is 10.6. The molecule has 98 valence electrons. The molecule has 0 bridgehead atoms. The van der Waals surface area contributed by atoms with Crippen LogP contribution < -0.4 is 5.32 Å². The summed E-state index contributed by atoms with van der Waals surface area (Å²) in [5.74, 6) is 0. The largest absolute Gasteiger partial charge is 0.389 e. The first kappa shape index (κ1) is 13.1. The molecule has 1 heterocycles. The molecule has 2 N–H and O–H groups in total. The minimum atomic E-state index is -0.636. The van der Waals surface area contributed by atoms with Gasteiger partial charge in [-0.3, -0.25) is 0 Å². The van der Waals surface area contributed by atoms with E-state index in [1.807, 2.05) is 0 Å². The van der Waals surface area contributed by atoms with Gasteiger partial charge in [0.1, 0.15) is 0 Å². The number of aliphatic hydroxyl groups is 1. The first-order valence-electron chi connectivity index (χ1n) is 5.72. The standard InChI is InChI=1S/C12H15ClN2O3/c13-9-1-3-10(4-2-9)14-12(17)15-5-6-18-8-11(16)7-15/h1-4,11,16H,5-8H2,(H,14,17)/t11-/m1/s1. The van der Waals surface area contributed by atoms with Crippen molar-refractivity contribution in [3.05, 3.63) is 29.3 Å². The summed E-state index contributed by atoms with van der Waals surface area (Å²) in [6.45, 7) is 1.45. The van der Waals surface area contributed by atoms with E-state index in [1.54, 1.807) is 24.3 Å². The van der Waals surface area contributed by atoms with Crippen LogP contribution in [-0.4, -0.2) is 48.4 Å². The van der Waals surface area contributed by atoms with Crippen molar-refractivity contribution in [2.75, 3.05) is 31.6 Å². The average molecular weight is 271 g/mol. The van der Waals surface area contributed by atoms with Crippen molar-refractivity contribution in [2.24, 2.45) is 0 Å². The molecule has 5 nitrogen and oxygen atoms in total. The Labute approximate surface area is 110 Å². The molecule has 1 aromatic rings. The predicted molar refractivity (Wildman–Crippen MR) is 68.9 cm³/mol. The maximum atomic E-state index is 12.0. The Balaban J connectivity index is 1.96. The fourth-order valence-corrected chi connectivity index (χ4v) is 1.84. The van der Waals surface area contributed by atoms with Crippen LogP contribution in [0.5, 0.6) is 0 Å². The second kappa shape index (κ2) is 6.04. The van der Waals surface area contributed by atoms with Gasteiger partial charge in [0.05, 0.1) is 25.9 Å². The van der Waals surface area contributed by atoms with Gasteiger partial charge in [0.2, 0.25) is 0 Å². The number of anilines is 1. The normalized spacial score (nSPS) is 20.3.